The van der Waals surface area contributed by atoms with E-state index in [1.807, 2.05) is 41.5 Å². The molecule has 4 N–H and O–H groups in total. The summed E-state index contributed by atoms with van der Waals surface area (Å²) in [6.45, 7) is 51.1. The number of aliphatic hydroxyl groups is 4. The number of benzene rings is 1. The van der Waals surface area contributed by atoms with Gasteiger partial charge in [-0.2, -0.15) is 8.42 Å². The normalized spacial score (nSPS) is 17.2. The van der Waals surface area contributed by atoms with Crippen molar-refractivity contribution in [1.82, 2.24) is 0 Å². The molecule has 0 aliphatic rings. The monoisotopic (exact) mass is 1130 g/mol. The van der Waals surface area contributed by atoms with Crippen LogP contribution in [0.4, 0.5) is 0 Å². The predicted octanol–water partition coefficient (Wildman–Crippen LogP) is 13.0. The quantitative estimate of drug-likeness (QED) is 0.0453. The average molecular weight is 1130 g/mol. The fourth-order valence-corrected chi connectivity index (χ4v) is 11.7. The van der Waals surface area contributed by atoms with Crippen LogP contribution in [0.5, 0.6) is 0 Å². The Balaban J connectivity index is 3.51. The molecule has 5 unspecified atom stereocenters. The zero-order valence-corrected chi connectivity index (χ0v) is 55.2. The lowest BCUT2D eigenvalue weighted by Crippen LogP contribution is -2.59. The third-order valence-corrected chi connectivity index (χ3v) is 17.0. The summed E-state index contributed by atoms with van der Waals surface area (Å²) in [5.74, 6) is 0.0821. The van der Waals surface area contributed by atoms with Gasteiger partial charge in [0.05, 0.1) is 112 Å². The Hall–Kier alpha value is -1.31. The zero-order chi connectivity index (χ0) is 60.9. The highest BCUT2D eigenvalue weighted by Crippen LogP contribution is 2.52. The van der Waals surface area contributed by atoms with Crippen molar-refractivity contribution in [3.63, 3.8) is 0 Å². The van der Waals surface area contributed by atoms with E-state index in [2.05, 4.69) is 76.2 Å². The number of ether oxygens (including phenoxy) is 7. The summed E-state index contributed by atoms with van der Waals surface area (Å²) in [6.07, 6.45) is 4.58. The van der Waals surface area contributed by atoms with Gasteiger partial charge in [0.15, 0.2) is 0 Å². The molecule has 0 fully saturated rings. The number of hydrogen-bond acceptors (Lipinski definition) is 14. The van der Waals surface area contributed by atoms with Crippen molar-refractivity contribution < 1.29 is 66.2 Å². The Morgan fingerprint density at radius 2 is 0.872 bits per heavy atom. The number of hydrogen-bond donors (Lipinski definition) is 4. The van der Waals surface area contributed by atoms with Crippen LogP contribution in [0.15, 0.2) is 29.2 Å². The second-order valence-corrected chi connectivity index (χ2v) is 30.9. The highest BCUT2D eigenvalue weighted by Gasteiger charge is 2.56. The minimum Gasteiger partial charge on any atom is -0.390 e. The minimum atomic E-state index is -4.05. The average Bonchev–Trinajstić information content (AvgIpc) is 3.19. The van der Waals surface area contributed by atoms with Gasteiger partial charge in [-0.05, 0) is 255 Å². The second kappa shape index (κ2) is 29.0. The van der Waals surface area contributed by atoms with Gasteiger partial charge in [0.1, 0.15) is 0 Å². The first-order valence-corrected chi connectivity index (χ1v) is 30.6. The number of aryl methyl sites for hydroxylation is 1. The third-order valence-electron chi connectivity index (χ3n) is 15.5. The maximum absolute atomic E-state index is 13.4. The van der Waals surface area contributed by atoms with Gasteiger partial charge in [-0.3, -0.25) is 4.18 Å². The van der Waals surface area contributed by atoms with Gasteiger partial charge in [0.25, 0.3) is 10.1 Å². The van der Waals surface area contributed by atoms with E-state index in [-0.39, 0.29) is 36.6 Å². The maximum Gasteiger partial charge on any atom is 0.297 e. The summed E-state index contributed by atoms with van der Waals surface area (Å²) in [7, 11) is -4.05. The molecule has 0 heterocycles. The SMILES string of the molecule is CCOC(C)(C)C(CC(C)(C)OCCC(C)(C)O)CC(C)(C)OCCC(C)(O)CCC(C)OC(C)C(CC(C)(C)OCCC(C)(C)O)(CC(C)(C)OCCC(C)(C)OS(=O)(=O)c1ccc(C)cc1)C(C)(C)OCCC(C)(C)O. The molecule has 0 aliphatic carbocycles. The molecule has 0 radical (unpaired) electrons. The van der Waals surface area contributed by atoms with E-state index in [0.717, 1.165) is 12.0 Å². The Morgan fingerprint density at radius 3 is 1.28 bits per heavy atom. The first-order chi connectivity index (χ1) is 34.8. The van der Waals surface area contributed by atoms with Crippen molar-refractivity contribution >= 4 is 10.1 Å². The smallest absolute Gasteiger partial charge is 0.297 e. The van der Waals surface area contributed by atoms with Crippen LogP contribution in [0.3, 0.4) is 0 Å². The topological polar surface area (TPSA) is 189 Å². The van der Waals surface area contributed by atoms with Crippen LogP contribution < -0.4 is 0 Å². The lowest BCUT2D eigenvalue weighted by atomic mass is 9.59. The summed E-state index contributed by atoms with van der Waals surface area (Å²) >= 11 is 0. The summed E-state index contributed by atoms with van der Waals surface area (Å²) in [6, 6.07) is 6.60. The summed E-state index contributed by atoms with van der Waals surface area (Å²) in [5.41, 5.74) is -8.68. The van der Waals surface area contributed by atoms with Crippen molar-refractivity contribution in [2.75, 3.05) is 39.6 Å². The maximum atomic E-state index is 13.4. The van der Waals surface area contributed by atoms with Gasteiger partial charge in [-0.1, -0.05) is 17.7 Å². The first kappa shape index (κ1) is 74.7. The summed E-state index contributed by atoms with van der Waals surface area (Å²) < 4.78 is 79.3. The molecule has 0 bridgehead atoms. The van der Waals surface area contributed by atoms with Crippen LogP contribution in [0.25, 0.3) is 0 Å². The fraction of sp³-hybridized carbons (Fsp3) is 0.905. The van der Waals surface area contributed by atoms with Gasteiger partial charge in [-0.25, -0.2) is 0 Å². The molecule has 0 aliphatic heterocycles. The van der Waals surface area contributed by atoms with E-state index < -0.39 is 83.2 Å². The molecule has 78 heavy (non-hydrogen) atoms. The second-order valence-electron chi connectivity index (χ2n) is 29.4. The molecule has 5 atom stereocenters. The van der Waals surface area contributed by atoms with Gasteiger partial charge in [0.2, 0.25) is 0 Å². The molecule has 15 heteroatoms. The Bertz CT molecular complexity index is 1980. The Morgan fingerprint density at radius 1 is 0.487 bits per heavy atom. The highest BCUT2D eigenvalue weighted by molar-refractivity contribution is 7.86. The van der Waals surface area contributed by atoms with Crippen LogP contribution >= 0.6 is 0 Å². The van der Waals surface area contributed by atoms with E-state index >= 15 is 0 Å². The van der Waals surface area contributed by atoms with Gasteiger partial charge in [0, 0.05) is 18.4 Å². The van der Waals surface area contributed by atoms with Crippen molar-refractivity contribution in [1.29, 1.82) is 0 Å². The number of rotatable bonds is 41. The molecule has 0 saturated carbocycles. The minimum absolute atomic E-state index is 0.0821. The van der Waals surface area contributed by atoms with Crippen LogP contribution in [-0.2, 0) is 47.5 Å². The molecule has 0 spiro atoms. The highest BCUT2D eigenvalue weighted by atomic mass is 32.2. The molecule has 1 aromatic carbocycles. The first-order valence-electron chi connectivity index (χ1n) is 29.2. The third kappa shape index (κ3) is 29.3. The van der Waals surface area contributed by atoms with Gasteiger partial charge < -0.3 is 53.6 Å². The molecule has 1 rings (SSSR count). The van der Waals surface area contributed by atoms with E-state index in [1.165, 1.54) is 0 Å². The summed E-state index contributed by atoms with van der Waals surface area (Å²) in [5, 5.41) is 43.7. The molecule has 0 amide bonds. The van der Waals surface area contributed by atoms with Crippen molar-refractivity contribution in [2.45, 2.75) is 322 Å². The van der Waals surface area contributed by atoms with Crippen molar-refractivity contribution in [2.24, 2.45) is 11.3 Å². The molecular formula is C63H120O14S. The van der Waals surface area contributed by atoms with Crippen LogP contribution in [0, 0.1) is 18.3 Å². The lowest BCUT2D eigenvalue weighted by molar-refractivity contribution is -0.230. The van der Waals surface area contributed by atoms with Gasteiger partial charge >= 0.3 is 0 Å². The largest absolute Gasteiger partial charge is 0.390 e. The fourth-order valence-electron chi connectivity index (χ4n) is 10.5. The van der Waals surface area contributed by atoms with Crippen LogP contribution in [0.1, 0.15) is 242 Å². The standard InChI is InChI=1S/C63H120O14S/c1-26-70-60(21,22)50(43-56(13,14)71-38-33-52(5,6)64)44-57(15,16)72-42-37-62(25,67)32-31-48(3)76-49(4)63(61(23,24)75-40-35-54(9,10)66,45-58(17,18)73-39-34-53(7,8)65)46-59(19,20)74-41-36-55(11,12)77-78(68,69)51-29-27-47(2)28-30-51/h27-30,48-50,64-67H,26,31-46H2,1-25H3. The molecule has 14 nitrogen and oxygen atoms in total. The van der Waals surface area contributed by atoms with Crippen molar-refractivity contribution in [3.05, 3.63) is 29.8 Å². The molecule has 0 saturated heterocycles. The van der Waals surface area contributed by atoms with Crippen molar-refractivity contribution in [3.8, 4) is 0 Å². The molecular weight excluding hydrogens is 1010 g/mol. The predicted molar refractivity (Wildman–Crippen MR) is 316 cm³/mol. The van der Waals surface area contributed by atoms with E-state index in [4.69, 9.17) is 37.3 Å². The van der Waals surface area contributed by atoms with Gasteiger partial charge in [-0.15, -0.1) is 0 Å². The Kier molecular flexibility index (Phi) is 27.8. The van der Waals surface area contributed by atoms with Crippen LogP contribution in [0.2, 0.25) is 0 Å². The Labute approximate surface area is 477 Å². The molecule has 1 aromatic rings. The van der Waals surface area contributed by atoms with Crippen LogP contribution in [-0.4, -0.2) is 142 Å². The zero-order valence-electron chi connectivity index (χ0n) is 54.3. The molecule has 462 valence electrons. The van der Waals surface area contributed by atoms with E-state index in [0.29, 0.717) is 84.2 Å². The lowest BCUT2D eigenvalue weighted by Gasteiger charge is -2.55. The van der Waals surface area contributed by atoms with E-state index in [9.17, 15) is 28.8 Å². The van der Waals surface area contributed by atoms with E-state index in [1.54, 1.807) is 79.7 Å². The summed E-state index contributed by atoms with van der Waals surface area (Å²) in [4.78, 5) is 0.0946. The molecule has 0 aromatic heterocycles.